The standard InChI is InChI=1S/C17H30N4O/c1-20-11-7-15(8-12-20)13-16-18-17(22-19-16)14-21-9-5-3-2-4-6-10-21/h15H,2-14H2,1H3. The number of aromatic nitrogens is 2. The Morgan fingerprint density at radius 3 is 2.41 bits per heavy atom. The summed E-state index contributed by atoms with van der Waals surface area (Å²) in [5, 5.41) is 4.21. The molecule has 2 fully saturated rings. The lowest BCUT2D eigenvalue weighted by atomic mass is 9.94. The zero-order valence-electron chi connectivity index (χ0n) is 14.0. The van der Waals surface area contributed by atoms with Crippen molar-refractivity contribution in [2.24, 2.45) is 5.92 Å². The van der Waals surface area contributed by atoms with Crippen LogP contribution in [0.2, 0.25) is 0 Å². The largest absolute Gasteiger partial charge is 0.338 e. The fraction of sp³-hybridized carbons (Fsp3) is 0.882. The van der Waals surface area contributed by atoms with E-state index in [4.69, 9.17) is 4.52 Å². The highest BCUT2D eigenvalue weighted by molar-refractivity contribution is 4.90. The van der Waals surface area contributed by atoms with Crippen LogP contribution < -0.4 is 0 Å². The fourth-order valence-corrected chi connectivity index (χ4v) is 3.62. The Morgan fingerprint density at radius 2 is 1.68 bits per heavy atom. The molecule has 0 aliphatic carbocycles. The summed E-state index contributed by atoms with van der Waals surface area (Å²) in [5.41, 5.74) is 0. The van der Waals surface area contributed by atoms with E-state index < -0.39 is 0 Å². The van der Waals surface area contributed by atoms with Crippen LogP contribution in [0.3, 0.4) is 0 Å². The molecule has 3 rings (SSSR count). The molecule has 0 unspecified atom stereocenters. The fourth-order valence-electron chi connectivity index (χ4n) is 3.62. The van der Waals surface area contributed by atoms with Crippen molar-refractivity contribution in [2.45, 2.75) is 57.9 Å². The van der Waals surface area contributed by atoms with Gasteiger partial charge in [0.2, 0.25) is 5.89 Å². The predicted molar refractivity (Wildman–Crippen MR) is 86.6 cm³/mol. The van der Waals surface area contributed by atoms with Crippen LogP contribution >= 0.6 is 0 Å². The third kappa shape index (κ3) is 4.78. The molecular formula is C17H30N4O. The van der Waals surface area contributed by atoms with Gasteiger partial charge in [0.1, 0.15) is 0 Å². The molecular weight excluding hydrogens is 276 g/mol. The number of hydrogen-bond donors (Lipinski definition) is 0. The molecule has 0 amide bonds. The van der Waals surface area contributed by atoms with Gasteiger partial charge in [0.25, 0.3) is 0 Å². The molecule has 124 valence electrons. The smallest absolute Gasteiger partial charge is 0.240 e. The van der Waals surface area contributed by atoms with Gasteiger partial charge in [-0.25, -0.2) is 0 Å². The first-order valence-corrected chi connectivity index (χ1v) is 9.02. The van der Waals surface area contributed by atoms with Gasteiger partial charge < -0.3 is 9.42 Å². The van der Waals surface area contributed by atoms with Crippen LogP contribution in [0.4, 0.5) is 0 Å². The lowest BCUT2D eigenvalue weighted by Gasteiger charge is -2.28. The Balaban J connectivity index is 1.48. The maximum absolute atomic E-state index is 5.49. The Hall–Kier alpha value is -0.940. The molecule has 0 saturated carbocycles. The van der Waals surface area contributed by atoms with Crippen LogP contribution in [0.25, 0.3) is 0 Å². The van der Waals surface area contributed by atoms with Crippen LogP contribution in [0.1, 0.15) is 56.7 Å². The molecule has 2 aliphatic heterocycles. The number of nitrogens with zero attached hydrogens (tertiary/aromatic N) is 4. The maximum Gasteiger partial charge on any atom is 0.240 e. The molecule has 1 aromatic rings. The Kier molecular flexibility index (Phi) is 5.84. The van der Waals surface area contributed by atoms with Gasteiger partial charge in [0.05, 0.1) is 6.54 Å². The minimum Gasteiger partial charge on any atom is -0.338 e. The van der Waals surface area contributed by atoms with E-state index in [1.165, 1.54) is 71.1 Å². The average molecular weight is 306 g/mol. The van der Waals surface area contributed by atoms with E-state index in [0.717, 1.165) is 30.6 Å². The number of piperidine rings is 1. The summed E-state index contributed by atoms with van der Waals surface area (Å²) >= 11 is 0. The molecule has 0 radical (unpaired) electrons. The van der Waals surface area contributed by atoms with Crippen molar-refractivity contribution in [3.63, 3.8) is 0 Å². The summed E-state index contributed by atoms with van der Waals surface area (Å²) in [4.78, 5) is 9.52. The normalized spacial score (nSPS) is 23.3. The molecule has 1 aromatic heterocycles. The lowest BCUT2D eigenvalue weighted by Crippen LogP contribution is -2.31. The van der Waals surface area contributed by atoms with Gasteiger partial charge in [-0.3, -0.25) is 4.90 Å². The minimum atomic E-state index is 0.725. The van der Waals surface area contributed by atoms with Crippen LogP contribution in [0.5, 0.6) is 0 Å². The average Bonchev–Trinajstić information content (AvgIpc) is 2.91. The second-order valence-electron chi connectivity index (χ2n) is 7.10. The van der Waals surface area contributed by atoms with Crippen molar-refractivity contribution in [2.75, 3.05) is 33.2 Å². The summed E-state index contributed by atoms with van der Waals surface area (Å²) in [5.74, 6) is 2.45. The van der Waals surface area contributed by atoms with Crippen molar-refractivity contribution in [1.82, 2.24) is 19.9 Å². The molecule has 5 nitrogen and oxygen atoms in total. The van der Waals surface area contributed by atoms with Crippen LogP contribution in [0.15, 0.2) is 4.52 Å². The summed E-state index contributed by atoms with van der Waals surface area (Å²) in [6.45, 7) is 5.58. The van der Waals surface area contributed by atoms with Crippen LogP contribution in [0, 0.1) is 5.92 Å². The lowest BCUT2D eigenvalue weighted by molar-refractivity contribution is 0.207. The molecule has 3 heterocycles. The van der Waals surface area contributed by atoms with Gasteiger partial charge in [-0.1, -0.05) is 24.4 Å². The van der Waals surface area contributed by atoms with Gasteiger partial charge in [0.15, 0.2) is 5.82 Å². The van der Waals surface area contributed by atoms with E-state index in [-0.39, 0.29) is 0 Å². The van der Waals surface area contributed by atoms with Crippen molar-refractivity contribution >= 4 is 0 Å². The highest BCUT2D eigenvalue weighted by Gasteiger charge is 2.20. The van der Waals surface area contributed by atoms with Gasteiger partial charge in [-0.2, -0.15) is 4.98 Å². The van der Waals surface area contributed by atoms with E-state index in [1.54, 1.807) is 0 Å². The maximum atomic E-state index is 5.49. The van der Waals surface area contributed by atoms with E-state index in [2.05, 4.69) is 27.0 Å². The summed E-state index contributed by atoms with van der Waals surface area (Å²) in [7, 11) is 2.20. The van der Waals surface area contributed by atoms with Gasteiger partial charge in [0, 0.05) is 6.42 Å². The third-order valence-electron chi connectivity index (χ3n) is 5.13. The van der Waals surface area contributed by atoms with E-state index >= 15 is 0 Å². The van der Waals surface area contributed by atoms with Crippen molar-refractivity contribution in [3.05, 3.63) is 11.7 Å². The Labute approximate surface area is 134 Å². The minimum absolute atomic E-state index is 0.725. The molecule has 0 atom stereocenters. The number of hydrogen-bond acceptors (Lipinski definition) is 5. The van der Waals surface area contributed by atoms with Crippen molar-refractivity contribution in [1.29, 1.82) is 0 Å². The summed E-state index contributed by atoms with van der Waals surface area (Å²) < 4.78 is 5.49. The summed E-state index contributed by atoms with van der Waals surface area (Å²) in [6.07, 6.45) is 10.2. The first kappa shape index (κ1) is 15.9. The number of likely N-dealkylation sites (tertiary alicyclic amines) is 2. The topological polar surface area (TPSA) is 45.4 Å². The zero-order valence-corrected chi connectivity index (χ0v) is 14.0. The van der Waals surface area contributed by atoms with Gasteiger partial charge in [-0.05, 0) is 64.8 Å². The SMILES string of the molecule is CN1CCC(Cc2noc(CN3CCCCCCC3)n2)CC1. The number of rotatable bonds is 4. The molecule has 0 spiro atoms. The highest BCUT2D eigenvalue weighted by atomic mass is 16.5. The predicted octanol–water partition coefficient (Wildman–Crippen LogP) is 2.72. The summed E-state index contributed by atoms with van der Waals surface area (Å²) in [6, 6.07) is 0. The molecule has 2 aliphatic rings. The van der Waals surface area contributed by atoms with Crippen molar-refractivity contribution in [3.8, 4) is 0 Å². The third-order valence-corrected chi connectivity index (χ3v) is 5.13. The molecule has 5 heteroatoms. The van der Waals surface area contributed by atoms with Crippen LogP contribution in [-0.4, -0.2) is 53.2 Å². The van der Waals surface area contributed by atoms with E-state index in [0.29, 0.717) is 0 Å². The van der Waals surface area contributed by atoms with Gasteiger partial charge in [-0.15, -0.1) is 0 Å². The second kappa shape index (κ2) is 8.06. The molecule has 2 saturated heterocycles. The Bertz CT molecular complexity index is 432. The Morgan fingerprint density at radius 1 is 1.00 bits per heavy atom. The van der Waals surface area contributed by atoms with Crippen LogP contribution in [-0.2, 0) is 13.0 Å². The first-order valence-electron chi connectivity index (χ1n) is 9.02. The molecule has 0 aromatic carbocycles. The second-order valence-corrected chi connectivity index (χ2v) is 7.10. The van der Waals surface area contributed by atoms with E-state index in [1.807, 2.05) is 0 Å². The van der Waals surface area contributed by atoms with E-state index in [9.17, 15) is 0 Å². The molecule has 0 bridgehead atoms. The molecule has 0 N–H and O–H groups in total. The molecule has 22 heavy (non-hydrogen) atoms. The zero-order chi connectivity index (χ0) is 15.2. The van der Waals surface area contributed by atoms with Crippen molar-refractivity contribution < 1.29 is 4.52 Å². The van der Waals surface area contributed by atoms with Gasteiger partial charge >= 0.3 is 0 Å². The highest BCUT2D eigenvalue weighted by Crippen LogP contribution is 2.20. The first-order chi connectivity index (χ1) is 10.8. The quantitative estimate of drug-likeness (QED) is 0.856. The monoisotopic (exact) mass is 306 g/mol.